The van der Waals surface area contributed by atoms with Crippen LogP contribution in [0.2, 0.25) is 0 Å². The Bertz CT molecular complexity index is 720. The topological polar surface area (TPSA) is 140 Å². The van der Waals surface area contributed by atoms with Gasteiger partial charge in [0.25, 0.3) is 0 Å². The second-order valence-electron chi connectivity index (χ2n) is 6.69. The number of rotatable bonds is 2. The average Bonchev–Trinajstić information content (AvgIpc) is 2.64. The van der Waals surface area contributed by atoms with Gasteiger partial charge < -0.3 is 26.4 Å². The first-order valence-electron chi connectivity index (χ1n) is 9.20. The van der Waals surface area contributed by atoms with Gasteiger partial charge in [0.2, 0.25) is 23.6 Å². The van der Waals surface area contributed by atoms with Crippen molar-refractivity contribution in [1.82, 2.24) is 16.0 Å². The molecule has 2 aliphatic heterocycles. The second-order valence-corrected chi connectivity index (χ2v) is 6.69. The van der Waals surface area contributed by atoms with Gasteiger partial charge >= 0.3 is 0 Å². The Balaban J connectivity index is 2.15. The van der Waals surface area contributed by atoms with E-state index < -0.39 is 29.8 Å². The summed E-state index contributed by atoms with van der Waals surface area (Å²) >= 11 is 0. The van der Waals surface area contributed by atoms with E-state index in [2.05, 4.69) is 16.0 Å². The number of primary amides is 1. The number of hydrogen-bond acceptors (Lipinski definition) is 5. The molecule has 152 valence electrons. The van der Waals surface area contributed by atoms with Gasteiger partial charge in [-0.1, -0.05) is 12.1 Å². The number of ether oxygens (including phenoxy) is 1. The van der Waals surface area contributed by atoms with Crippen molar-refractivity contribution in [1.29, 1.82) is 0 Å². The minimum absolute atomic E-state index is 0.261. The van der Waals surface area contributed by atoms with E-state index in [-0.39, 0.29) is 18.9 Å². The van der Waals surface area contributed by atoms with Crippen molar-refractivity contribution in [2.24, 2.45) is 5.73 Å². The molecule has 2 bridgehead atoms. The summed E-state index contributed by atoms with van der Waals surface area (Å²) in [5.41, 5.74) is 6.18. The first kappa shape index (κ1) is 21.2. The van der Waals surface area contributed by atoms with Crippen LogP contribution in [0.3, 0.4) is 0 Å². The van der Waals surface area contributed by atoms with Gasteiger partial charge in [-0.3, -0.25) is 19.2 Å². The molecular formula is C19H26N4O5. The molecule has 5 N–H and O–H groups in total. The molecule has 1 aromatic carbocycles. The van der Waals surface area contributed by atoms with E-state index in [9.17, 15) is 19.2 Å². The van der Waals surface area contributed by atoms with Gasteiger partial charge in [0.1, 0.15) is 17.8 Å². The quantitative estimate of drug-likeness (QED) is 0.533. The van der Waals surface area contributed by atoms with Crippen LogP contribution in [-0.2, 0) is 25.6 Å². The molecule has 2 aliphatic rings. The van der Waals surface area contributed by atoms with Crippen molar-refractivity contribution < 1.29 is 23.9 Å². The number of amides is 4. The fraction of sp³-hybridized carbons (Fsp3) is 0.474. The second kappa shape index (κ2) is 10.3. The van der Waals surface area contributed by atoms with Gasteiger partial charge in [0.05, 0.1) is 13.2 Å². The Kier molecular flexibility index (Phi) is 7.79. The van der Waals surface area contributed by atoms with Crippen LogP contribution in [0.15, 0.2) is 24.3 Å². The normalized spacial score (nSPS) is 21.6. The zero-order valence-electron chi connectivity index (χ0n) is 15.8. The lowest BCUT2D eigenvalue weighted by molar-refractivity contribution is -0.130. The molecule has 0 aromatic heterocycles. The summed E-state index contributed by atoms with van der Waals surface area (Å²) < 4.78 is 5.66. The zero-order chi connectivity index (χ0) is 20.5. The molecule has 2 atom stereocenters. The number of nitrogens with two attached hydrogens (primary N) is 1. The molecule has 4 amide bonds. The molecule has 0 saturated heterocycles. The Labute approximate surface area is 163 Å². The number of hydrogen-bond donors (Lipinski definition) is 4. The van der Waals surface area contributed by atoms with Crippen LogP contribution >= 0.6 is 0 Å². The third kappa shape index (κ3) is 6.90. The van der Waals surface area contributed by atoms with Crippen molar-refractivity contribution in [2.45, 2.75) is 44.7 Å². The maximum absolute atomic E-state index is 12.4. The van der Waals surface area contributed by atoms with Crippen molar-refractivity contribution in [2.75, 3.05) is 13.2 Å². The van der Waals surface area contributed by atoms with Gasteiger partial charge in [-0.25, -0.2) is 0 Å². The Hall–Kier alpha value is -3.10. The fourth-order valence-electron chi connectivity index (χ4n) is 2.87. The molecule has 2 heterocycles. The predicted molar refractivity (Wildman–Crippen MR) is 101 cm³/mol. The minimum atomic E-state index is -0.834. The van der Waals surface area contributed by atoms with Crippen LogP contribution in [0.1, 0.15) is 31.7 Å². The first-order valence-corrected chi connectivity index (χ1v) is 9.20. The monoisotopic (exact) mass is 390 g/mol. The number of carbonyl (C=O) groups excluding carboxylic acids is 4. The molecule has 3 rings (SSSR count). The van der Waals surface area contributed by atoms with Crippen LogP contribution in [0.4, 0.5) is 0 Å². The van der Waals surface area contributed by atoms with E-state index in [1.807, 2.05) is 12.1 Å². The van der Waals surface area contributed by atoms with E-state index in [1.165, 1.54) is 6.92 Å². The summed E-state index contributed by atoms with van der Waals surface area (Å²) in [7, 11) is 0. The summed E-state index contributed by atoms with van der Waals surface area (Å²) in [5, 5.41) is 7.60. The van der Waals surface area contributed by atoms with Crippen LogP contribution in [-0.4, -0.2) is 48.9 Å². The smallest absolute Gasteiger partial charge is 0.243 e. The number of fused-ring (bicyclic) bond motifs is 14. The van der Waals surface area contributed by atoms with Crippen molar-refractivity contribution >= 4 is 23.6 Å². The maximum Gasteiger partial charge on any atom is 0.243 e. The summed E-state index contributed by atoms with van der Waals surface area (Å²) in [5.74, 6) is -1.32. The van der Waals surface area contributed by atoms with Crippen LogP contribution in [0, 0.1) is 0 Å². The highest BCUT2D eigenvalue weighted by molar-refractivity contribution is 5.92. The van der Waals surface area contributed by atoms with E-state index in [4.69, 9.17) is 10.5 Å². The molecule has 0 radical (unpaired) electrons. The number of benzene rings is 1. The molecule has 1 aromatic rings. The maximum atomic E-state index is 12.4. The molecule has 28 heavy (non-hydrogen) atoms. The van der Waals surface area contributed by atoms with Crippen molar-refractivity contribution in [3.63, 3.8) is 0 Å². The largest absolute Gasteiger partial charge is 0.494 e. The van der Waals surface area contributed by atoms with E-state index in [1.54, 1.807) is 12.1 Å². The summed E-state index contributed by atoms with van der Waals surface area (Å²) in [6, 6.07) is 5.60. The molecule has 0 fully saturated rings. The Morgan fingerprint density at radius 3 is 2.54 bits per heavy atom. The van der Waals surface area contributed by atoms with Crippen LogP contribution < -0.4 is 26.4 Å². The number of carbonyl (C=O) groups is 4. The zero-order valence-corrected chi connectivity index (χ0v) is 15.8. The Morgan fingerprint density at radius 2 is 1.89 bits per heavy atom. The van der Waals surface area contributed by atoms with Crippen molar-refractivity contribution in [3.05, 3.63) is 29.8 Å². The molecule has 0 aliphatic carbocycles. The standard InChI is InChI=1S/C19H26N4O5/c1-12(24)22-16-10-13-5-7-14(8-6-13)28-9-3-2-4-15(18(20)26)23-17(25)11-21-19(16)27/h5-8,15-16H,2-4,9-11H2,1H3,(H2,20,26)(H,21,27)(H,22,24)(H,23,25)/t15-,16-/m0/s1. The molecule has 0 saturated carbocycles. The summed E-state index contributed by atoms with van der Waals surface area (Å²) in [6.45, 7) is 1.46. The van der Waals surface area contributed by atoms with Gasteiger partial charge in [0.15, 0.2) is 0 Å². The van der Waals surface area contributed by atoms with Gasteiger partial charge in [-0.05, 0) is 37.0 Å². The third-order valence-electron chi connectivity index (χ3n) is 4.31. The summed E-state index contributed by atoms with van der Waals surface area (Å²) in [6.07, 6.45) is 1.98. The molecular weight excluding hydrogens is 364 g/mol. The molecule has 0 unspecified atom stereocenters. The lowest BCUT2D eigenvalue weighted by Crippen LogP contribution is -2.51. The summed E-state index contributed by atoms with van der Waals surface area (Å²) in [4.78, 5) is 47.5. The molecule has 0 spiro atoms. The van der Waals surface area contributed by atoms with Gasteiger partial charge in [0, 0.05) is 13.3 Å². The average molecular weight is 390 g/mol. The highest BCUT2D eigenvalue weighted by Crippen LogP contribution is 2.15. The highest BCUT2D eigenvalue weighted by Gasteiger charge is 2.22. The van der Waals surface area contributed by atoms with Crippen LogP contribution in [0.5, 0.6) is 5.75 Å². The lowest BCUT2D eigenvalue weighted by atomic mass is 10.0. The first-order chi connectivity index (χ1) is 13.3. The third-order valence-corrected chi connectivity index (χ3v) is 4.31. The van der Waals surface area contributed by atoms with E-state index in [0.717, 1.165) is 5.56 Å². The Morgan fingerprint density at radius 1 is 1.18 bits per heavy atom. The lowest BCUT2D eigenvalue weighted by Gasteiger charge is -2.19. The SMILES string of the molecule is CC(=O)N[C@H]1Cc2ccc(cc2)OCCCC[C@@H](C(N)=O)NC(=O)CNC1=O. The van der Waals surface area contributed by atoms with Crippen molar-refractivity contribution in [3.8, 4) is 5.75 Å². The van der Waals surface area contributed by atoms with Gasteiger partial charge in [-0.2, -0.15) is 0 Å². The van der Waals surface area contributed by atoms with Gasteiger partial charge in [-0.15, -0.1) is 0 Å². The number of nitrogens with one attached hydrogen (secondary N) is 3. The fourth-order valence-corrected chi connectivity index (χ4v) is 2.87. The van der Waals surface area contributed by atoms with E-state index in [0.29, 0.717) is 31.6 Å². The predicted octanol–water partition coefficient (Wildman–Crippen LogP) is -0.617. The highest BCUT2D eigenvalue weighted by atomic mass is 16.5. The molecule has 9 nitrogen and oxygen atoms in total. The molecule has 9 heteroatoms. The minimum Gasteiger partial charge on any atom is -0.494 e. The van der Waals surface area contributed by atoms with E-state index >= 15 is 0 Å². The van der Waals surface area contributed by atoms with Crippen LogP contribution in [0.25, 0.3) is 0 Å².